The molecule has 5 heavy (non-hydrogen) atoms. The van der Waals surface area contributed by atoms with Gasteiger partial charge in [0.2, 0.25) is 0 Å². The fourth-order valence-corrected chi connectivity index (χ4v) is 0. The monoisotopic (exact) mass is 75.1 g/mol. The topological polar surface area (TPSA) is 30.9 Å². The van der Waals surface area contributed by atoms with Crippen molar-refractivity contribution in [3.8, 4) is 0 Å². The van der Waals surface area contributed by atoms with Gasteiger partial charge in [-0.3, -0.25) is 4.90 Å². The molecule has 0 aliphatic heterocycles. The molecule has 0 radical (unpaired) electrons. The molecule has 0 aromatic rings. The van der Waals surface area contributed by atoms with Crippen LogP contribution < -0.4 is 5.73 Å². The van der Waals surface area contributed by atoms with Gasteiger partial charge in [0.1, 0.15) is 6.67 Å². The minimum absolute atomic E-state index is 0.889. The lowest BCUT2D eigenvalue weighted by atomic mass is 10.9. The molecule has 2 heteroatoms. The summed E-state index contributed by atoms with van der Waals surface area (Å²) in [6.45, 7) is 0.889. The van der Waals surface area contributed by atoms with Gasteiger partial charge in [-0.25, -0.2) is 0 Å². The second-order valence-electron chi connectivity index (χ2n) is 1.30. The zero-order chi connectivity index (χ0) is 4.28. The second-order valence-corrected chi connectivity index (χ2v) is 1.30. The summed E-state index contributed by atoms with van der Waals surface area (Å²) in [7, 11) is 3.99. The van der Waals surface area contributed by atoms with Crippen LogP contribution in [-0.2, 0) is 0 Å². The van der Waals surface area contributed by atoms with E-state index in [1.54, 1.807) is 0 Å². The van der Waals surface area contributed by atoms with Gasteiger partial charge in [-0.15, -0.1) is 0 Å². The fourth-order valence-electron chi connectivity index (χ4n) is 0. The zero-order valence-corrected chi connectivity index (χ0v) is 3.86. The first kappa shape index (κ1) is 4.92. The minimum Gasteiger partial charge on any atom is -0.345 e. The molecule has 0 fully saturated rings. The molecule has 0 unspecified atom stereocenters. The molecule has 0 bridgehead atoms. The van der Waals surface area contributed by atoms with Crippen molar-refractivity contribution in [2.24, 2.45) is 0 Å². The molecule has 2 nitrogen and oxygen atoms in total. The van der Waals surface area contributed by atoms with Crippen molar-refractivity contribution in [3.63, 3.8) is 0 Å². The number of rotatable bonds is 1. The average molecular weight is 75.1 g/mol. The number of nitrogens with zero attached hydrogens (tertiary/aromatic N) is 1. The van der Waals surface area contributed by atoms with Crippen molar-refractivity contribution >= 4 is 0 Å². The molecular weight excluding hydrogens is 64.0 g/mol. The molecule has 0 saturated heterocycles. The molecule has 0 aromatic carbocycles. The lowest BCUT2D eigenvalue weighted by molar-refractivity contribution is -0.396. The molecule has 3 N–H and O–H groups in total. The Morgan fingerprint density at radius 3 is 1.80 bits per heavy atom. The summed E-state index contributed by atoms with van der Waals surface area (Å²) in [5, 5.41) is 0. The van der Waals surface area contributed by atoms with Crippen LogP contribution in [0.1, 0.15) is 0 Å². The number of hydrogen-bond donors (Lipinski definition) is 1. The maximum absolute atomic E-state index is 3.61. The standard InChI is InChI=1S/C3H10N2/c1-5(2)3-4/h3-4H2,1-2H3/p+1. The van der Waals surface area contributed by atoms with Crippen LogP contribution in [0, 0.1) is 0 Å². The maximum atomic E-state index is 3.61. The highest BCUT2D eigenvalue weighted by Gasteiger charge is 1.75. The number of quaternary nitrogens is 1. The van der Waals surface area contributed by atoms with Crippen LogP contribution in [0.25, 0.3) is 0 Å². The average Bonchev–Trinajstić information content (AvgIpc) is 1.38. The van der Waals surface area contributed by atoms with Gasteiger partial charge in [-0.1, -0.05) is 0 Å². The van der Waals surface area contributed by atoms with Crippen LogP contribution in [0.2, 0.25) is 0 Å². The summed E-state index contributed by atoms with van der Waals surface area (Å²) in [6.07, 6.45) is 0. The normalized spacial score (nSPS) is 9.60. The van der Waals surface area contributed by atoms with Gasteiger partial charge in [0.25, 0.3) is 0 Å². The summed E-state index contributed by atoms with van der Waals surface area (Å²) in [5.74, 6) is 0. The third kappa shape index (κ3) is 3.92. The quantitative estimate of drug-likeness (QED) is 0.388. The Balaban J connectivity index is 2.54. The molecule has 0 rings (SSSR count). The van der Waals surface area contributed by atoms with E-state index in [4.69, 9.17) is 0 Å². The lowest BCUT2D eigenvalue weighted by Crippen LogP contribution is -2.56. The Bertz CT molecular complexity index is 18.9. The predicted molar refractivity (Wildman–Crippen MR) is 21.4 cm³/mol. The first-order valence-corrected chi connectivity index (χ1v) is 1.71. The van der Waals surface area contributed by atoms with Crippen LogP contribution in [-0.4, -0.2) is 25.7 Å². The van der Waals surface area contributed by atoms with E-state index in [-0.39, 0.29) is 0 Å². The van der Waals surface area contributed by atoms with Crippen molar-refractivity contribution in [1.29, 1.82) is 0 Å². The van der Waals surface area contributed by atoms with Crippen molar-refractivity contribution in [2.45, 2.75) is 0 Å². The van der Waals surface area contributed by atoms with E-state index in [9.17, 15) is 0 Å². The summed E-state index contributed by atoms with van der Waals surface area (Å²) in [4.78, 5) is 2.01. The summed E-state index contributed by atoms with van der Waals surface area (Å²) in [5.41, 5.74) is 3.61. The molecule has 0 aromatic heterocycles. The van der Waals surface area contributed by atoms with E-state index in [1.807, 2.05) is 19.0 Å². The molecule has 0 spiro atoms. The maximum Gasteiger partial charge on any atom is 0.129 e. The van der Waals surface area contributed by atoms with E-state index < -0.39 is 0 Å². The van der Waals surface area contributed by atoms with Crippen LogP contribution in [0.4, 0.5) is 0 Å². The molecular formula is C3H11N2+. The van der Waals surface area contributed by atoms with Crippen molar-refractivity contribution in [3.05, 3.63) is 0 Å². The summed E-state index contributed by atoms with van der Waals surface area (Å²) in [6, 6.07) is 0. The fraction of sp³-hybridized carbons (Fsp3) is 1.00. The third-order valence-electron chi connectivity index (χ3n) is 0.447. The van der Waals surface area contributed by atoms with Gasteiger partial charge in [0, 0.05) is 0 Å². The van der Waals surface area contributed by atoms with E-state index >= 15 is 0 Å². The van der Waals surface area contributed by atoms with Gasteiger partial charge in [0.15, 0.2) is 0 Å². The van der Waals surface area contributed by atoms with Gasteiger partial charge in [0.05, 0.1) is 0 Å². The van der Waals surface area contributed by atoms with E-state index in [0.29, 0.717) is 0 Å². The molecule has 32 valence electrons. The summed E-state index contributed by atoms with van der Waals surface area (Å²) < 4.78 is 0. The second kappa shape index (κ2) is 2.18. The Hall–Kier alpha value is -0.0800. The van der Waals surface area contributed by atoms with E-state index in [0.717, 1.165) is 6.67 Å². The van der Waals surface area contributed by atoms with Crippen LogP contribution in [0.5, 0.6) is 0 Å². The largest absolute Gasteiger partial charge is 0.345 e. The molecule has 0 heterocycles. The first-order valence-electron chi connectivity index (χ1n) is 1.71. The molecule has 0 amide bonds. The molecule has 0 aliphatic carbocycles. The van der Waals surface area contributed by atoms with Crippen molar-refractivity contribution in [2.75, 3.05) is 20.8 Å². The first-order chi connectivity index (χ1) is 2.27. The smallest absolute Gasteiger partial charge is 0.129 e. The third-order valence-corrected chi connectivity index (χ3v) is 0.447. The molecule has 0 atom stereocenters. The van der Waals surface area contributed by atoms with Gasteiger partial charge in [-0.05, 0) is 14.1 Å². The van der Waals surface area contributed by atoms with Gasteiger partial charge < -0.3 is 5.73 Å². The van der Waals surface area contributed by atoms with Crippen LogP contribution in [0.15, 0.2) is 0 Å². The Morgan fingerprint density at radius 2 is 1.80 bits per heavy atom. The van der Waals surface area contributed by atoms with Crippen LogP contribution >= 0.6 is 0 Å². The molecule has 0 aliphatic rings. The Labute approximate surface area is 32.6 Å². The summed E-state index contributed by atoms with van der Waals surface area (Å²) >= 11 is 0. The van der Waals surface area contributed by atoms with Gasteiger partial charge >= 0.3 is 0 Å². The Kier molecular flexibility index (Phi) is 2.14. The van der Waals surface area contributed by atoms with E-state index in [1.165, 1.54) is 0 Å². The highest BCUT2D eigenvalue weighted by molar-refractivity contribution is 4.15. The number of hydrogen-bond acceptors (Lipinski definition) is 1. The van der Waals surface area contributed by atoms with E-state index in [2.05, 4.69) is 5.73 Å². The van der Waals surface area contributed by atoms with Gasteiger partial charge in [-0.2, -0.15) is 0 Å². The molecule has 0 saturated carbocycles. The Morgan fingerprint density at radius 1 is 1.60 bits per heavy atom. The van der Waals surface area contributed by atoms with Crippen molar-refractivity contribution < 1.29 is 5.73 Å². The zero-order valence-electron chi connectivity index (χ0n) is 3.86. The SMILES string of the molecule is CN(C)C[NH3+]. The van der Waals surface area contributed by atoms with Crippen molar-refractivity contribution in [1.82, 2.24) is 4.90 Å². The van der Waals surface area contributed by atoms with Crippen LogP contribution in [0.3, 0.4) is 0 Å². The highest BCUT2D eigenvalue weighted by Crippen LogP contribution is 1.53. The minimum atomic E-state index is 0.889. The predicted octanol–water partition coefficient (Wildman–Crippen LogP) is -1.25. The highest BCUT2D eigenvalue weighted by atomic mass is 15.1. The lowest BCUT2D eigenvalue weighted by Gasteiger charge is -1.96.